The van der Waals surface area contributed by atoms with E-state index in [1.807, 2.05) is 23.8 Å². The van der Waals surface area contributed by atoms with Crippen LogP contribution in [-0.2, 0) is 16.0 Å². The number of hydrogen-bond acceptors (Lipinski definition) is 5. The highest BCUT2D eigenvalue weighted by atomic mass is 16.5. The predicted molar refractivity (Wildman–Crippen MR) is 71.9 cm³/mol. The molecule has 0 amide bonds. The van der Waals surface area contributed by atoms with Crippen LogP contribution in [0.3, 0.4) is 0 Å². The zero-order valence-corrected chi connectivity index (χ0v) is 11.2. The Bertz CT molecular complexity index is 602. The number of rotatable bonds is 3. The Hall–Kier alpha value is -1.66. The molecule has 1 atom stereocenters. The molecule has 3 rings (SSSR count). The molecule has 102 valence electrons. The lowest BCUT2D eigenvalue weighted by atomic mass is 10.0. The normalized spacial score (nSPS) is 23.3. The quantitative estimate of drug-likeness (QED) is 0.897. The zero-order chi connectivity index (χ0) is 13.5. The number of nitrogens with zero attached hydrogens (tertiary/aromatic N) is 3. The van der Waals surface area contributed by atoms with E-state index >= 15 is 0 Å². The number of fused-ring (bicyclic) bond motifs is 1. The molecule has 1 saturated heterocycles. The highest BCUT2D eigenvalue weighted by Crippen LogP contribution is 2.27. The van der Waals surface area contributed by atoms with Crippen LogP contribution in [0.5, 0.6) is 0 Å². The molecule has 1 unspecified atom stereocenters. The average molecular weight is 262 g/mol. The van der Waals surface area contributed by atoms with Gasteiger partial charge in [0, 0.05) is 26.3 Å². The molecule has 1 aliphatic rings. The highest BCUT2D eigenvalue weighted by Gasteiger charge is 2.36. The molecule has 2 aromatic rings. The van der Waals surface area contributed by atoms with Crippen molar-refractivity contribution in [2.45, 2.75) is 25.5 Å². The summed E-state index contributed by atoms with van der Waals surface area (Å²) in [6.07, 6.45) is 2.68. The van der Waals surface area contributed by atoms with Crippen LogP contribution in [-0.4, -0.2) is 40.5 Å². The molecule has 1 fully saturated rings. The number of nitrogens with two attached hydrogens (primary N) is 1. The monoisotopic (exact) mass is 262 g/mol. The summed E-state index contributed by atoms with van der Waals surface area (Å²) in [5, 5.41) is 0. The fourth-order valence-electron chi connectivity index (χ4n) is 2.51. The number of methoxy groups -OCH3 is 1. The number of aryl methyl sites for hydroxylation is 1. The molecule has 0 spiro atoms. The lowest BCUT2D eigenvalue weighted by Crippen LogP contribution is -2.37. The Morgan fingerprint density at radius 3 is 3.11 bits per heavy atom. The van der Waals surface area contributed by atoms with Crippen LogP contribution in [0.1, 0.15) is 12.0 Å². The molecule has 2 aromatic heterocycles. The van der Waals surface area contributed by atoms with Gasteiger partial charge in [0.05, 0.1) is 13.2 Å². The van der Waals surface area contributed by atoms with Gasteiger partial charge in [0.2, 0.25) is 5.95 Å². The van der Waals surface area contributed by atoms with Crippen LogP contribution in [0.15, 0.2) is 12.3 Å². The first-order chi connectivity index (χ1) is 9.13. The van der Waals surface area contributed by atoms with Crippen molar-refractivity contribution in [3.8, 4) is 0 Å². The topological polar surface area (TPSA) is 75.2 Å². The summed E-state index contributed by atoms with van der Waals surface area (Å²) in [6, 6.07) is 1.99. The zero-order valence-electron chi connectivity index (χ0n) is 11.2. The van der Waals surface area contributed by atoms with Crippen LogP contribution >= 0.6 is 0 Å². The van der Waals surface area contributed by atoms with E-state index in [-0.39, 0.29) is 5.60 Å². The summed E-state index contributed by atoms with van der Waals surface area (Å²) in [7, 11) is 1.71. The van der Waals surface area contributed by atoms with Crippen molar-refractivity contribution in [2.75, 3.05) is 26.1 Å². The first-order valence-corrected chi connectivity index (χ1v) is 6.35. The lowest BCUT2D eigenvalue weighted by Gasteiger charge is -2.26. The SMILES string of the molecule is COC1(Cn2c(N)nc3cc(C)cnc32)CCOC1. The van der Waals surface area contributed by atoms with Crippen molar-refractivity contribution < 1.29 is 9.47 Å². The van der Waals surface area contributed by atoms with Gasteiger partial charge in [-0.2, -0.15) is 0 Å². The van der Waals surface area contributed by atoms with Crippen molar-refractivity contribution in [3.05, 3.63) is 17.8 Å². The average Bonchev–Trinajstić information content (AvgIpc) is 2.96. The molecule has 1 aliphatic heterocycles. The van der Waals surface area contributed by atoms with Gasteiger partial charge < -0.3 is 15.2 Å². The molecular formula is C13H18N4O2. The summed E-state index contributed by atoms with van der Waals surface area (Å²) in [6.45, 7) is 3.90. The fourth-order valence-corrected chi connectivity index (χ4v) is 2.51. The van der Waals surface area contributed by atoms with Gasteiger partial charge in [-0.05, 0) is 18.6 Å². The van der Waals surface area contributed by atoms with Crippen molar-refractivity contribution in [1.29, 1.82) is 0 Å². The van der Waals surface area contributed by atoms with Crippen LogP contribution < -0.4 is 5.73 Å². The largest absolute Gasteiger partial charge is 0.378 e. The summed E-state index contributed by atoms with van der Waals surface area (Å²) in [5.74, 6) is 0.469. The number of pyridine rings is 1. The van der Waals surface area contributed by atoms with Crippen molar-refractivity contribution in [1.82, 2.24) is 14.5 Å². The summed E-state index contributed by atoms with van der Waals surface area (Å²) in [4.78, 5) is 8.80. The Balaban J connectivity index is 2.02. The summed E-state index contributed by atoms with van der Waals surface area (Å²) >= 11 is 0. The number of ether oxygens (including phenoxy) is 2. The molecular weight excluding hydrogens is 244 g/mol. The molecule has 0 saturated carbocycles. The number of nitrogen functional groups attached to an aromatic ring is 1. The van der Waals surface area contributed by atoms with Gasteiger partial charge in [0.1, 0.15) is 11.1 Å². The third-order valence-electron chi connectivity index (χ3n) is 3.70. The second kappa shape index (κ2) is 4.47. The Kier molecular flexibility index (Phi) is 2.91. The van der Waals surface area contributed by atoms with E-state index in [1.165, 1.54) is 0 Å². The fraction of sp³-hybridized carbons (Fsp3) is 0.538. The van der Waals surface area contributed by atoms with Crippen LogP contribution in [0, 0.1) is 6.92 Å². The van der Waals surface area contributed by atoms with Gasteiger partial charge in [-0.15, -0.1) is 0 Å². The summed E-state index contributed by atoms with van der Waals surface area (Å²) in [5.41, 5.74) is 8.38. The first-order valence-electron chi connectivity index (χ1n) is 6.35. The maximum Gasteiger partial charge on any atom is 0.202 e. The Morgan fingerprint density at radius 2 is 2.42 bits per heavy atom. The number of imidazole rings is 1. The van der Waals surface area contributed by atoms with E-state index in [0.717, 1.165) is 23.1 Å². The molecule has 6 nitrogen and oxygen atoms in total. The second-order valence-corrected chi connectivity index (χ2v) is 5.10. The van der Waals surface area contributed by atoms with Crippen molar-refractivity contribution >= 4 is 17.1 Å². The third-order valence-corrected chi connectivity index (χ3v) is 3.70. The molecule has 19 heavy (non-hydrogen) atoms. The maximum atomic E-state index is 6.01. The van der Waals surface area contributed by atoms with E-state index in [1.54, 1.807) is 7.11 Å². The van der Waals surface area contributed by atoms with Crippen LogP contribution in [0.2, 0.25) is 0 Å². The van der Waals surface area contributed by atoms with Gasteiger partial charge in [-0.25, -0.2) is 9.97 Å². The molecule has 0 radical (unpaired) electrons. The molecule has 0 aliphatic carbocycles. The third kappa shape index (κ3) is 2.06. The van der Waals surface area contributed by atoms with Gasteiger partial charge in [0.25, 0.3) is 0 Å². The second-order valence-electron chi connectivity index (χ2n) is 5.10. The Morgan fingerprint density at radius 1 is 1.58 bits per heavy atom. The number of hydrogen-bond donors (Lipinski definition) is 1. The van der Waals surface area contributed by atoms with Gasteiger partial charge in [-0.3, -0.25) is 4.57 Å². The van der Waals surface area contributed by atoms with E-state index in [9.17, 15) is 0 Å². The van der Waals surface area contributed by atoms with Crippen LogP contribution in [0.25, 0.3) is 11.2 Å². The molecule has 3 heterocycles. The van der Waals surface area contributed by atoms with Gasteiger partial charge in [-0.1, -0.05) is 0 Å². The number of aromatic nitrogens is 3. The predicted octanol–water partition coefficient (Wildman–Crippen LogP) is 1.13. The van der Waals surface area contributed by atoms with Crippen molar-refractivity contribution in [2.24, 2.45) is 0 Å². The van der Waals surface area contributed by atoms with Crippen LogP contribution in [0.4, 0.5) is 5.95 Å². The first kappa shape index (κ1) is 12.4. The lowest BCUT2D eigenvalue weighted by molar-refractivity contribution is -0.0284. The molecule has 6 heteroatoms. The molecule has 2 N–H and O–H groups in total. The highest BCUT2D eigenvalue weighted by molar-refractivity contribution is 5.74. The number of anilines is 1. The smallest absolute Gasteiger partial charge is 0.202 e. The van der Waals surface area contributed by atoms with E-state index in [4.69, 9.17) is 15.2 Å². The van der Waals surface area contributed by atoms with Gasteiger partial charge >= 0.3 is 0 Å². The minimum absolute atomic E-state index is 0.325. The van der Waals surface area contributed by atoms with E-state index in [2.05, 4.69) is 9.97 Å². The Labute approximate surface area is 111 Å². The van der Waals surface area contributed by atoms with Crippen molar-refractivity contribution in [3.63, 3.8) is 0 Å². The minimum atomic E-state index is -0.325. The minimum Gasteiger partial charge on any atom is -0.378 e. The molecule has 0 aromatic carbocycles. The van der Waals surface area contributed by atoms with E-state index in [0.29, 0.717) is 25.7 Å². The summed E-state index contributed by atoms with van der Waals surface area (Å²) < 4.78 is 13.0. The molecule has 0 bridgehead atoms. The maximum absolute atomic E-state index is 6.01. The van der Waals surface area contributed by atoms with E-state index < -0.39 is 0 Å². The standard InChI is InChI=1S/C13H18N4O2/c1-9-5-10-11(15-6-9)17(12(14)16-10)7-13(18-2)3-4-19-8-13/h5-6H,3-4,7-8H2,1-2H3,(H2,14,16). The van der Waals surface area contributed by atoms with Gasteiger partial charge in [0.15, 0.2) is 5.65 Å².